The van der Waals surface area contributed by atoms with Crippen molar-refractivity contribution in [1.82, 2.24) is 9.78 Å². The van der Waals surface area contributed by atoms with Crippen LogP contribution in [0.5, 0.6) is 5.75 Å². The number of carbonyl (C=O) groups is 1. The molecular weight excluding hydrogens is 258 g/mol. The second kappa shape index (κ2) is 5.64. The van der Waals surface area contributed by atoms with Gasteiger partial charge in [0.2, 0.25) is 0 Å². The molecule has 1 aromatic heterocycles. The quantitative estimate of drug-likeness (QED) is 0.828. The molecule has 0 bridgehead atoms. The highest BCUT2D eigenvalue weighted by atomic mass is 16.5. The number of esters is 1. The first-order chi connectivity index (χ1) is 9.52. The summed E-state index contributed by atoms with van der Waals surface area (Å²) in [5.74, 6) is -0.396. The molecule has 0 atom stereocenters. The standard InChI is InChI=1S/C14H17N3O3/c1-3-11-12(15)13(17(2)16-11)14(19)20-8-9-5-4-6-10(18)7-9/h4-7,18H,3,8,15H2,1-2H3. The first kappa shape index (κ1) is 13.9. The van der Waals surface area contributed by atoms with E-state index < -0.39 is 5.97 Å². The minimum absolute atomic E-state index is 0.0688. The van der Waals surface area contributed by atoms with Gasteiger partial charge in [0.05, 0.1) is 11.4 Å². The van der Waals surface area contributed by atoms with Crippen molar-refractivity contribution in [2.24, 2.45) is 7.05 Å². The van der Waals surface area contributed by atoms with Crippen LogP contribution in [0.2, 0.25) is 0 Å². The number of phenolic OH excluding ortho intramolecular Hbond substituents is 1. The predicted octanol–water partition coefficient (Wildman–Crippen LogP) is 1.63. The molecule has 2 aromatic rings. The maximum absolute atomic E-state index is 12.0. The number of aromatic nitrogens is 2. The van der Waals surface area contributed by atoms with Gasteiger partial charge in [-0.15, -0.1) is 0 Å². The van der Waals surface area contributed by atoms with Crippen molar-refractivity contribution in [2.75, 3.05) is 5.73 Å². The van der Waals surface area contributed by atoms with Gasteiger partial charge in [0.15, 0.2) is 5.69 Å². The van der Waals surface area contributed by atoms with E-state index in [0.717, 1.165) is 0 Å². The number of aryl methyl sites for hydroxylation is 2. The number of nitrogen functional groups attached to an aromatic ring is 1. The second-order valence-corrected chi connectivity index (χ2v) is 4.43. The van der Waals surface area contributed by atoms with Crippen molar-refractivity contribution in [1.29, 1.82) is 0 Å². The molecule has 0 fully saturated rings. The molecule has 0 aliphatic rings. The van der Waals surface area contributed by atoms with E-state index in [2.05, 4.69) is 5.10 Å². The molecule has 0 saturated heterocycles. The summed E-state index contributed by atoms with van der Waals surface area (Å²) in [6, 6.07) is 6.54. The summed E-state index contributed by atoms with van der Waals surface area (Å²) in [7, 11) is 1.65. The van der Waals surface area contributed by atoms with E-state index in [4.69, 9.17) is 10.5 Å². The normalized spacial score (nSPS) is 10.5. The van der Waals surface area contributed by atoms with E-state index in [-0.39, 0.29) is 18.1 Å². The first-order valence-corrected chi connectivity index (χ1v) is 6.29. The number of hydrogen-bond acceptors (Lipinski definition) is 5. The fraction of sp³-hybridized carbons (Fsp3) is 0.286. The minimum atomic E-state index is -0.527. The Kier molecular flexibility index (Phi) is 3.93. The Morgan fingerprint density at radius 1 is 1.50 bits per heavy atom. The number of aromatic hydroxyl groups is 1. The van der Waals surface area contributed by atoms with Crippen LogP contribution in [0.15, 0.2) is 24.3 Å². The van der Waals surface area contributed by atoms with Crippen LogP contribution in [0, 0.1) is 0 Å². The summed E-state index contributed by atoms with van der Waals surface area (Å²) in [5, 5.41) is 13.5. The monoisotopic (exact) mass is 275 g/mol. The summed E-state index contributed by atoms with van der Waals surface area (Å²) >= 11 is 0. The average Bonchev–Trinajstić information content (AvgIpc) is 2.71. The lowest BCUT2D eigenvalue weighted by Crippen LogP contribution is -2.12. The SMILES string of the molecule is CCc1nn(C)c(C(=O)OCc2cccc(O)c2)c1N. The number of benzene rings is 1. The summed E-state index contributed by atoms with van der Waals surface area (Å²) in [6.45, 7) is 1.99. The second-order valence-electron chi connectivity index (χ2n) is 4.43. The molecule has 0 spiro atoms. The fourth-order valence-corrected chi connectivity index (χ4v) is 1.96. The van der Waals surface area contributed by atoms with Gasteiger partial charge in [-0.1, -0.05) is 19.1 Å². The zero-order chi connectivity index (χ0) is 14.7. The van der Waals surface area contributed by atoms with Crippen LogP contribution >= 0.6 is 0 Å². The summed E-state index contributed by atoms with van der Waals surface area (Å²) in [6.07, 6.45) is 0.652. The topological polar surface area (TPSA) is 90.4 Å². The molecule has 0 radical (unpaired) electrons. The Balaban J connectivity index is 2.11. The van der Waals surface area contributed by atoms with E-state index in [0.29, 0.717) is 23.4 Å². The van der Waals surface area contributed by atoms with Gasteiger partial charge in [-0.05, 0) is 24.1 Å². The van der Waals surface area contributed by atoms with Crippen LogP contribution in [0.25, 0.3) is 0 Å². The van der Waals surface area contributed by atoms with Crippen LogP contribution in [0.3, 0.4) is 0 Å². The molecule has 1 aromatic carbocycles. The van der Waals surface area contributed by atoms with Gasteiger partial charge in [-0.25, -0.2) is 4.79 Å². The zero-order valence-corrected chi connectivity index (χ0v) is 11.5. The summed E-state index contributed by atoms with van der Waals surface area (Å²) in [4.78, 5) is 12.0. The molecule has 3 N–H and O–H groups in total. The highest BCUT2D eigenvalue weighted by Crippen LogP contribution is 2.19. The summed E-state index contributed by atoms with van der Waals surface area (Å²) < 4.78 is 6.63. The Hall–Kier alpha value is -2.50. The van der Waals surface area contributed by atoms with Crippen LogP contribution < -0.4 is 5.73 Å². The van der Waals surface area contributed by atoms with Crippen LogP contribution in [0.4, 0.5) is 5.69 Å². The van der Waals surface area contributed by atoms with Crippen LogP contribution in [0.1, 0.15) is 28.7 Å². The lowest BCUT2D eigenvalue weighted by molar-refractivity contribution is 0.0461. The lowest BCUT2D eigenvalue weighted by Gasteiger charge is -2.06. The zero-order valence-electron chi connectivity index (χ0n) is 11.5. The van der Waals surface area contributed by atoms with Gasteiger partial charge in [-0.3, -0.25) is 4.68 Å². The van der Waals surface area contributed by atoms with Crippen molar-refractivity contribution in [3.63, 3.8) is 0 Å². The molecule has 6 nitrogen and oxygen atoms in total. The smallest absolute Gasteiger partial charge is 0.359 e. The maximum Gasteiger partial charge on any atom is 0.359 e. The number of nitrogens with two attached hydrogens (primary N) is 1. The molecule has 1 heterocycles. The molecule has 0 unspecified atom stereocenters. The largest absolute Gasteiger partial charge is 0.508 e. The molecular formula is C14H17N3O3. The number of ether oxygens (including phenoxy) is 1. The predicted molar refractivity (Wildman–Crippen MR) is 74.2 cm³/mol. The Bertz CT molecular complexity index is 635. The van der Waals surface area contributed by atoms with Crippen molar-refractivity contribution in [3.05, 3.63) is 41.2 Å². The van der Waals surface area contributed by atoms with Crippen molar-refractivity contribution < 1.29 is 14.6 Å². The third-order valence-corrected chi connectivity index (χ3v) is 2.97. The van der Waals surface area contributed by atoms with E-state index in [9.17, 15) is 9.90 Å². The molecule has 0 aliphatic heterocycles. The molecule has 0 amide bonds. The van der Waals surface area contributed by atoms with E-state index in [1.807, 2.05) is 6.92 Å². The highest BCUT2D eigenvalue weighted by Gasteiger charge is 2.20. The molecule has 6 heteroatoms. The average molecular weight is 275 g/mol. The third kappa shape index (κ3) is 2.74. The number of phenols is 1. The van der Waals surface area contributed by atoms with E-state index in [1.54, 1.807) is 25.2 Å². The first-order valence-electron chi connectivity index (χ1n) is 6.29. The van der Waals surface area contributed by atoms with Gasteiger partial charge in [0, 0.05) is 7.05 Å². The summed E-state index contributed by atoms with van der Waals surface area (Å²) in [5.41, 5.74) is 7.87. The number of rotatable bonds is 4. The van der Waals surface area contributed by atoms with Crippen molar-refractivity contribution in [3.8, 4) is 5.75 Å². The van der Waals surface area contributed by atoms with Crippen molar-refractivity contribution >= 4 is 11.7 Å². The van der Waals surface area contributed by atoms with Crippen LogP contribution in [-0.4, -0.2) is 20.9 Å². The molecule has 0 aliphatic carbocycles. The number of hydrogen-bond donors (Lipinski definition) is 2. The Morgan fingerprint density at radius 2 is 2.25 bits per heavy atom. The Labute approximate surface area is 116 Å². The maximum atomic E-state index is 12.0. The third-order valence-electron chi connectivity index (χ3n) is 2.97. The van der Waals surface area contributed by atoms with Gasteiger partial charge in [0.25, 0.3) is 0 Å². The van der Waals surface area contributed by atoms with Gasteiger partial charge in [-0.2, -0.15) is 5.10 Å². The Morgan fingerprint density at radius 3 is 2.85 bits per heavy atom. The highest BCUT2D eigenvalue weighted by molar-refractivity contribution is 5.93. The number of anilines is 1. The van der Waals surface area contributed by atoms with Gasteiger partial charge >= 0.3 is 5.97 Å². The number of nitrogens with zero attached hydrogens (tertiary/aromatic N) is 2. The lowest BCUT2D eigenvalue weighted by atomic mass is 10.2. The van der Waals surface area contributed by atoms with Crippen molar-refractivity contribution in [2.45, 2.75) is 20.0 Å². The molecule has 2 rings (SSSR count). The molecule has 0 saturated carbocycles. The van der Waals surface area contributed by atoms with E-state index in [1.165, 1.54) is 10.7 Å². The van der Waals surface area contributed by atoms with Gasteiger partial charge < -0.3 is 15.6 Å². The van der Waals surface area contributed by atoms with E-state index >= 15 is 0 Å². The molecule has 106 valence electrons. The number of carbonyl (C=O) groups excluding carboxylic acids is 1. The minimum Gasteiger partial charge on any atom is -0.508 e. The van der Waals surface area contributed by atoms with Crippen LogP contribution in [-0.2, 0) is 24.8 Å². The molecule has 20 heavy (non-hydrogen) atoms. The fourth-order valence-electron chi connectivity index (χ4n) is 1.96. The van der Waals surface area contributed by atoms with Gasteiger partial charge in [0.1, 0.15) is 12.4 Å².